The summed E-state index contributed by atoms with van der Waals surface area (Å²) < 4.78 is 12.7. The Kier molecular flexibility index (Phi) is 8.16. The molecule has 0 radical (unpaired) electrons. The van der Waals surface area contributed by atoms with Gasteiger partial charge in [-0.3, -0.25) is 14.2 Å². The van der Waals surface area contributed by atoms with Crippen LogP contribution in [0.2, 0.25) is 0 Å². The lowest BCUT2D eigenvalue weighted by atomic mass is 10.0. The first-order valence-electron chi connectivity index (χ1n) is 11.5. The van der Waals surface area contributed by atoms with Gasteiger partial charge in [-0.15, -0.1) is 23.1 Å². The van der Waals surface area contributed by atoms with Gasteiger partial charge in [-0.1, -0.05) is 18.2 Å². The number of benzene rings is 2. The molecule has 0 atom stereocenters. The van der Waals surface area contributed by atoms with E-state index >= 15 is 0 Å². The van der Waals surface area contributed by atoms with Crippen molar-refractivity contribution >= 4 is 39.3 Å². The van der Waals surface area contributed by atoms with E-state index in [-0.39, 0.29) is 25.0 Å². The number of hydrogen-bond acceptors (Lipinski definition) is 8. The monoisotopic (exact) mass is 535 g/mol. The molecule has 0 aliphatic heterocycles. The fourth-order valence-corrected chi connectivity index (χ4v) is 6.08. The molecule has 2 heterocycles. The van der Waals surface area contributed by atoms with Crippen LogP contribution in [-0.2, 0) is 29.0 Å². The maximum Gasteiger partial charge on any atom is 0.332 e. The smallest absolute Gasteiger partial charge is 0.332 e. The van der Waals surface area contributed by atoms with Gasteiger partial charge in [0.2, 0.25) is 0 Å². The maximum atomic E-state index is 13.7. The van der Waals surface area contributed by atoms with E-state index in [4.69, 9.17) is 9.47 Å². The Labute approximate surface area is 221 Å². The number of thiophene rings is 1. The third-order valence-corrected chi connectivity index (χ3v) is 8.02. The molecule has 0 saturated carbocycles. The van der Waals surface area contributed by atoms with Crippen molar-refractivity contribution in [3.8, 4) is 22.3 Å². The summed E-state index contributed by atoms with van der Waals surface area (Å²) in [7, 11) is 1.58. The molecule has 0 saturated heterocycles. The number of carbonyl (C=O) groups is 1. The average Bonchev–Trinajstić information content (AvgIpc) is 3.29. The molecule has 0 N–H and O–H groups in total. The largest absolute Gasteiger partial charge is 0.497 e. The molecule has 4 aromatic rings. The van der Waals surface area contributed by atoms with Crippen molar-refractivity contribution in [3.63, 3.8) is 0 Å². The van der Waals surface area contributed by atoms with Crippen LogP contribution >= 0.6 is 23.1 Å². The maximum absolute atomic E-state index is 13.7. The highest BCUT2D eigenvalue weighted by Gasteiger charge is 2.24. The minimum absolute atomic E-state index is 0.0321. The molecular formula is C27H25N3O5S2. The highest BCUT2D eigenvalue weighted by atomic mass is 32.2. The van der Waals surface area contributed by atoms with Gasteiger partial charge in [0, 0.05) is 9.77 Å². The molecule has 2 aromatic carbocycles. The van der Waals surface area contributed by atoms with Gasteiger partial charge in [-0.05, 0) is 60.2 Å². The van der Waals surface area contributed by atoms with Crippen LogP contribution < -0.4 is 16.0 Å². The second-order valence-corrected chi connectivity index (χ2v) is 9.88. The molecule has 0 amide bonds. The quantitative estimate of drug-likeness (QED) is 0.233. The first-order valence-corrected chi connectivity index (χ1v) is 13.5. The van der Waals surface area contributed by atoms with Crippen LogP contribution in [0.1, 0.15) is 18.1 Å². The number of esters is 1. The third kappa shape index (κ3) is 5.19. The van der Waals surface area contributed by atoms with Gasteiger partial charge in [0.25, 0.3) is 5.56 Å². The van der Waals surface area contributed by atoms with E-state index in [1.165, 1.54) is 15.9 Å². The Morgan fingerprint density at radius 1 is 1.11 bits per heavy atom. The Morgan fingerprint density at radius 2 is 1.84 bits per heavy atom. The summed E-state index contributed by atoms with van der Waals surface area (Å²) in [6, 6.07) is 17.2. The van der Waals surface area contributed by atoms with Crippen molar-refractivity contribution < 1.29 is 14.3 Å². The van der Waals surface area contributed by atoms with Crippen molar-refractivity contribution in [2.24, 2.45) is 0 Å². The zero-order valence-electron chi connectivity index (χ0n) is 20.6. The summed E-state index contributed by atoms with van der Waals surface area (Å²) in [6.45, 7) is 1.48. The van der Waals surface area contributed by atoms with Crippen molar-refractivity contribution in [1.29, 1.82) is 5.26 Å². The summed E-state index contributed by atoms with van der Waals surface area (Å²) in [4.78, 5) is 41.9. The van der Waals surface area contributed by atoms with Crippen LogP contribution in [0.15, 0.2) is 63.0 Å². The first-order chi connectivity index (χ1) is 17.9. The Hall–Kier alpha value is -3.81. The van der Waals surface area contributed by atoms with Crippen molar-refractivity contribution in [2.45, 2.75) is 31.3 Å². The van der Waals surface area contributed by atoms with Gasteiger partial charge in [-0.2, -0.15) is 5.26 Å². The highest BCUT2D eigenvalue weighted by molar-refractivity contribution is 7.98. The summed E-state index contributed by atoms with van der Waals surface area (Å²) in [5, 5.41) is 9.90. The van der Waals surface area contributed by atoms with Crippen molar-refractivity contribution in [3.05, 3.63) is 80.5 Å². The zero-order valence-corrected chi connectivity index (χ0v) is 22.3. The van der Waals surface area contributed by atoms with Crippen LogP contribution in [0.3, 0.4) is 0 Å². The number of rotatable bonds is 9. The van der Waals surface area contributed by atoms with E-state index in [0.717, 1.165) is 25.5 Å². The number of thioether (sulfide) groups is 1. The predicted molar refractivity (Wildman–Crippen MR) is 146 cm³/mol. The summed E-state index contributed by atoms with van der Waals surface area (Å²) >= 11 is 2.85. The van der Waals surface area contributed by atoms with Crippen LogP contribution in [0.4, 0.5) is 0 Å². The number of nitrogens with zero attached hydrogens (tertiary/aromatic N) is 3. The highest BCUT2D eigenvalue weighted by Crippen LogP contribution is 2.38. The number of fused-ring (bicyclic) bond motifs is 1. The van der Waals surface area contributed by atoms with Crippen molar-refractivity contribution in [2.75, 3.05) is 20.0 Å². The van der Waals surface area contributed by atoms with Crippen LogP contribution in [-0.4, -0.2) is 35.1 Å². The molecule has 0 spiro atoms. The molecular weight excluding hydrogens is 510 g/mol. The van der Waals surface area contributed by atoms with Gasteiger partial charge >= 0.3 is 11.7 Å². The lowest BCUT2D eigenvalue weighted by Gasteiger charge is -2.14. The number of ether oxygens (including phenoxy) is 2. The summed E-state index contributed by atoms with van der Waals surface area (Å²) in [6.07, 6.45) is 1.92. The Bertz CT molecular complexity index is 1610. The van der Waals surface area contributed by atoms with E-state index in [0.29, 0.717) is 16.1 Å². The Morgan fingerprint density at radius 3 is 2.49 bits per heavy atom. The zero-order chi connectivity index (χ0) is 26.5. The molecule has 0 aliphatic rings. The van der Waals surface area contributed by atoms with Crippen molar-refractivity contribution in [1.82, 2.24) is 9.13 Å². The lowest BCUT2D eigenvalue weighted by molar-refractivity contribution is -0.143. The minimum Gasteiger partial charge on any atom is -0.497 e. The van der Waals surface area contributed by atoms with Crippen LogP contribution in [0.25, 0.3) is 20.7 Å². The Balaban J connectivity index is 2.04. The number of hydrogen-bond donors (Lipinski definition) is 0. The van der Waals surface area contributed by atoms with Crippen LogP contribution in [0, 0.1) is 11.3 Å². The molecule has 0 fully saturated rings. The van der Waals surface area contributed by atoms with Gasteiger partial charge in [0.05, 0.1) is 38.1 Å². The minimum atomic E-state index is -0.676. The lowest BCUT2D eigenvalue weighted by Crippen LogP contribution is -2.42. The second kappa shape index (κ2) is 11.5. The summed E-state index contributed by atoms with van der Waals surface area (Å²) in [5.74, 6) is -0.00128. The van der Waals surface area contributed by atoms with Gasteiger partial charge in [0.1, 0.15) is 17.1 Å². The molecule has 10 heteroatoms. The van der Waals surface area contributed by atoms with E-state index in [2.05, 4.69) is 6.07 Å². The standard InChI is InChI=1S/C27H25N3O5S2/c1-4-35-22(31)16-29-25(32)23-20(13-14-28)24(17-9-11-19(34-2)12-10-17)37-26(23)30(27(29)33)15-18-7-5-6-8-21(18)36-3/h5-12H,4,13,15-16H2,1-3H3. The second-order valence-electron chi connectivity index (χ2n) is 8.03. The van der Waals surface area contributed by atoms with E-state index in [9.17, 15) is 19.6 Å². The molecule has 0 aliphatic carbocycles. The molecule has 2 aromatic heterocycles. The molecule has 0 bridgehead atoms. The van der Waals surface area contributed by atoms with Gasteiger partial charge < -0.3 is 9.47 Å². The molecule has 8 nitrogen and oxygen atoms in total. The predicted octanol–water partition coefficient (Wildman–Crippen LogP) is 4.30. The summed E-state index contributed by atoms with van der Waals surface area (Å²) in [5.41, 5.74) is 1.02. The fraction of sp³-hybridized carbons (Fsp3) is 0.259. The average molecular weight is 536 g/mol. The van der Waals surface area contributed by atoms with Crippen LogP contribution in [0.5, 0.6) is 5.75 Å². The topological polar surface area (TPSA) is 103 Å². The number of methoxy groups -OCH3 is 1. The first kappa shape index (κ1) is 26.3. The van der Waals surface area contributed by atoms with E-state index in [1.807, 2.05) is 42.7 Å². The molecule has 0 unspecified atom stereocenters. The van der Waals surface area contributed by atoms with Gasteiger partial charge in [-0.25, -0.2) is 9.36 Å². The van der Waals surface area contributed by atoms with Gasteiger partial charge in [0.15, 0.2) is 0 Å². The molecule has 4 rings (SSSR count). The number of carbonyl (C=O) groups excluding carboxylic acids is 1. The SMILES string of the molecule is CCOC(=O)Cn1c(=O)c2c(CC#N)c(-c3ccc(OC)cc3)sc2n(Cc2ccccc2SC)c1=O. The van der Waals surface area contributed by atoms with E-state index in [1.54, 1.807) is 37.9 Å². The molecule has 37 heavy (non-hydrogen) atoms. The molecule has 190 valence electrons. The fourth-order valence-electron chi connectivity index (χ4n) is 4.16. The third-order valence-electron chi connectivity index (χ3n) is 5.88. The number of aromatic nitrogens is 2. The number of nitriles is 1. The van der Waals surface area contributed by atoms with E-state index < -0.39 is 23.8 Å². The normalized spacial score (nSPS) is 10.9.